The van der Waals surface area contributed by atoms with Crippen molar-refractivity contribution in [2.24, 2.45) is 0 Å². The van der Waals surface area contributed by atoms with Crippen LogP contribution in [0.3, 0.4) is 0 Å². The molecule has 1 saturated heterocycles. The molecule has 0 saturated carbocycles. The summed E-state index contributed by atoms with van der Waals surface area (Å²) in [4.78, 5) is 46.6. The summed E-state index contributed by atoms with van der Waals surface area (Å²) in [7, 11) is 0. The van der Waals surface area contributed by atoms with Gasteiger partial charge in [0.25, 0.3) is 5.91 Å². The summed E-state index contributed by atoms with van der Waals surface area (Å²) in [6.07, 6.45) is 3.05. The average Bonchev–Trinajstić information content (AvgIpc) is 3.36. The number of aromatic nitrogens is 4. The molecule has 3 aromatic rings. The number of Topliss-reactive ketones (excluding diaryl/α,β-unsaturated/α-hetero) is 1. The van der Waals surface area contributed by atoms with E-state index >= 15 is 0 Å². The van der Waals surface area contributed by atoms with E-state index in [0.717, 1.165) is 4.90 Å². The van der Waals surface area contributed by atoms with Crippen molar-refractivity contribution in [3.05, 3.63) is 77.6 Å². The highest BCUT2D eigenvalue weighted by molar-refractivity contribution is 6.30. The second kappa shape index (κ2) is 8.99. The highest BCUT2D eigenvalue weighted by Gasteiger charge is 2.57. The number of rotatable bonds is 6. The molecule has 33 heavy (non-hydrogen) atoms. The zero-order valence-electron chi connectivity index (χ0n) is 17.7. The van der Waals surface area contributed by atoms with Crippen LogP contribution in [0.2, 0.25) is 5.02 Å². The first-order chi connectivity index (χ1) is 15.9. The molecule has 1 N–H and O–H groups in total. The minimum absolute atomic E-state index is 0.0413. The SMILES string of the molecule is CCC(C(=O)c1ccc(Cl)cc1)N1CCN(C(=O)O)C(c2ccccn2)(n2cnnc2)C1=O. The lowest BCUT2D eigenvalue weighted by Gasteiger charge is -2.49. The van der Waals surface area contributed by atoms with Crippen LogP contribution in [0.1, 0.15) is 29.4 Å². The quantitative estimate of drug-likeness (QED) is 0.551. The topological polar surface area (TPSA) is 122 Å². The van der Waals surface area contributed by atoms with Gasteiger partial charge in [-0.25, -0.2) is 4.79 Å². The monoisotopic (exact) mass is 468 g/mol. The molecule has 10 nitrogen and oxygen atoms in total. The maximum atomic E-state index is 14.2. The van der Waals surface area contributed by atoms with Gasteiger partial charge in [-0.3, -0.25) is 24.0 Å². The summed E-state index contributed by atoms with van der Waals surface area (Å²) in [5.74, 6) is -0.867. The van der Waals surface area contributed by atoms with Gasteiger partial charge < -0.3 is 10.0 Å². The molecule has 2 aromatic heterocycles. The van der Waals surface area contributed by atoms with Crippen molar-refractivity contribution in [3.63, 3.8) is 0 Å². The summed E-state index contributed by atoms with van der Waals surface area (Å²) >= 11 is 5.95. The molecule has 2 amide bonds. The Morgan fingerprint density at radius 2 is 1.82 bits per heavy atom. The molecule has 1 fully saturated rings. The number of ketones is 1. The standard InChI is InChI=1S/C22H21ClN6O4/c1-2-17(19(30)15-6-8-16(23)9-7-15)28-11-12-29(21(32)33)22(20(28)31,27-13-25-26-14-27)18-5-3-4-10-24-18/h3-10,13-14,17H,2,11-12H2,1H3,(H,32,33). The van der Waals surface area contributed by atoms with E-state index in [9.17, 15) is 19.5 Å². The third-order valence-corrected chi connectivity index (χ3v) is 6.01. The Kier molecular flexibility index (Phi) is 6.10. The Hall–Kier alpha value is -3.79. The summed E-state index contributed by atoms with van der Waals surface area (Å²) in [6.45, 7) is 1.80. The first-order valence-electron chi connectivity index (χ1n) is 10.3. The highest BCUT2D eigenvalue weighted by atomic mass is 35.5. The molecule has 0 aliphatic carbocycles. The minimum Gasteiger partial charge on any atom is -0.465 e. The summed E-state index contributed by atoms with van der Waals surface area (Å²) in [5.41, 5.74) is -1.31. The average molecular weight is 469 g/mol. The molecule has 170 valence electrons. The molecule has 1 aromatic carbocycles. The number of pyridine rings is 1. The molecule has 4 rings (SSSR count). The van der Waals surface area contributed by atoms with Crippen LogP contribution in [0.4, 0.5) is 4.79 Å². The van der Waals surface area contributed by atoms with Crippen molar-refractivity contribution < 1.29 is 19.5 Å². The molecule has 1 aliphatic rings. The lowest BCUT2D eigenvalue weighted by molar-refractivity contribution is -0.155. The van der Waals surface area contributed by atoms with E-state index in [1.54, 1.807) is 49.4 Å². The number of benzene rings is 1. The maximum Gasteiger partial charge on any atom is 0.409 e. The Morgan fingerprint density at radius 1 is 1.12 bits per heavy atom. The number of amides is 2. The van der Waals surface area contributed by atoms with E-state index in [4.69, 9.17) is 11.6 Å². The molecular formula is C22H21ClN6O4. The van der Waals surface area contributed by atoms with Crippen molar-refractivity contribution in [3.8, 4) is 0 Å². The van der Waals surface area contributed by atoms with Crippen LogP contribution < -0.4 is 0 Å². The molecule has 0 spiro atoms. The second-order valence-corrected chi connectivity index (χ2v) is 7.92. The zero-order chi connectivity index (χ0) is 23.6. The normalized spacial score (nSPS) is 19.4. The number of carbonyl (C=O) groups is 3. The van der Waals surface area contributed by atoms with Gasteiger partial charge in [-0.05, 0) is 42.8 Å². The van der Waals surface area contributed by atoms with E-state index in [2.05, 4.69) is 15.2 Å². The van der Waals surface area contributed by atoms with Gasteiger partial charge >= 0.3 is 6.09 Å². The van der Waals surface area contributed by atoms with Gasteiger partial charge in [0.05, 0.1) is 11.7 Å². The molecule has 0 radical (unpaired) electrons. The lowest BCUT2D eigenvalue weighted by Crippen LogP contribution is -2.70. The van der Waals surface area contributed by atoms with Crippen LogP contribution in [0.5, 0.6) is 0 Å². The summed E-state index contributed by atoms with van der Waals surface area (Å²) in [6, 6.07) is 10.5. The zero-order valence-corrected chi connectivity index (χ0v) is 18.5. The van der Waals surface area contributed by atoms with Gasteiger partial charge in [-0.15, -0.1) is 10.2 Å². The predicted molar refractivity (Wildman–Crippen MR) is 118 cm³/mol. The van der Waals surface area contributed by atoms with E-state index in [-0.39, 0.29) is 24.6 Å². The van der Waals surface area contributed by atoms with Gasteiger partial charge in [0.15, 0.2) is 5.78 Å². The van der Waals surface area contributed by atoms with Gasteiger partial charge in [-0.1, -0.05) is 24.6 Å². The van der Waals surface area contributed by atoms with Gasteiger partial charge in [0.2, 0.25) is 5.66 Å². The molecule has 1 aliphatic heterocycles. The van der Waals surface area contributed by atoms with Crippen molar-refractivity contribution in [1.29, 1.82) is 0 Å². The molecular weight excluding hydrogens is 448 g/mol. The number of carbonyl (C=O) groups excluding carboxylic acids is 2. The molecule has 3 heterocycles. The van der Waals surface area contributed by atoms with Gasteiger partial charge in [-0.2, -0.15) is 0 Å². The minimum atomic E-state index is -1.90. The molecule has 11 heteroatoms. The Morgan fingerprint density at radius 3 is 2.39 bits per heavy atom. The van der Waals surface area contributed by atoms with E-state index < -0.39 is 23.7 Å². The van der Waals surface area contributed by atoms with Crippen LogP contribution >= 0.6 is 11.6 Å². The van der Waals surface area contributed by atoms with Crippen LogP contribution in [-0.4, -0.2) is 71.6 Å². The second-order valence-electron chi connectivity index (χ2n) is 7.48. The lowest BCUT2D eigenvalue weighted by atomic mass is 9.93. The van der Waals surface area contributed by atoms with E-state index in [1.165, 1.54) is 28.3 Å². The van der Waals surface area contributed by atoms with Crippen molar-refractivity contribution >= 4 is 29.4 Å². The number of nitrogens with zero attached hydrogens (tertiary/aromatic N) is 6. The largest absolute Gasteiger partial charge is 0.465 e. The Bertz CT molecular complexity index is 1160. The molecule has 0 bridgehead atoms. The number of hydrogen-bond acceptors (Lipinski definition) is 6. The third kappa shape index (κ3) is 3.72. The smallest absolute Gasteiger partial charge is 0.409 e. The summed E-state index contributed by atoms with van der Waals surface area (Å²) in [5, 5.41) is 18.1. The van der Waals surface area contributed by atoms with E-state index in [0.29, 0.717) is 17.0 Å². The van der Waals surface area contributed by atoms with Crippen molar-refractivity contribution in [1.82, 2.24) is 29.5 Å². The Labute approximate surface area is 194 Å². The van der Waals surface area contributed by atoms with E-state index in [1.807, 2.05) is 0 Å². The molecule has 2 unspecified atom stereocenters. The van der Waals surface area contributed by atoms with Crippen molar-refractivity contribution in [2.45, 2.75) is 25.0 Å². The van der Waals surface area contributed by atoms with Crippen LogP contribution in [0, 0.1) is 0 Å². The third-order valence-electron chi connectivity index (χ3n) is 5.75. The maximum absolute atomic E-state index is 14.2. The molecule has 2 atom stereocenters. The first-order valence-corrected chi connectivity index (χ1v) is 10.7. The number of halogens is 1. The fourth-order valence-corrected chi connectivity index (χ4v) is 4.36. The van der Waals surface area contributed by atoms with Crippen LogP contribution in [0.25, 0.3) is 0 Å². The van der Waals surface area contributed by atoms with Crippen LogP contribution in [-0.2, 0) is 10.5 Å². The van der Waals surface area contributed by atoms with Gasteiger partial charge in [0.1, 0.15) is 12.7 Å². The predicted octanol–water partition coefficient (Wildman–Crippen LogP) is 2.51. The number of hydrogen-bond donors (Lipinski definition) is 1. The fraction of sp³-hybridized carbons (Fsp3) is 0.273. The van der Waals surface area contributed by atoms with Gasteiger partial charge in [0, 0.05) is 29.9 Å². The van der Waals surface area contributed by atoms with Crippen LogP contribution in [0.15, 0.2) is 61.3 Å². The number of piperazine rings is 1. The highest BCUT2D eigenvalue weighted by Crippen LogP contribution is 2.36. The fourth-order valence-electron chi connectivity index (χ4n) is 4.24. The summed E-state index contributed by atoms with van der Waals surface area (Å²) < 4.78 is 1.32. The van der Waals surface area contributed by atoms with Crippen molar-refractivity contribution in [2.75, 3.05) is 13.1 Å². The number of carboxylic acid groups (broad SMARTS) is 1. The first kappa shape index (κ1) is 22.4. The Balaban J connectivity index is 1.85.